The molecular weight excluding hydrogens is 229 g/mol. The van der Waals surface area contributed by atoms with E-state index >= 15 is 0 Å². The Morgan fingerprint density at radius 2 is 1.71 bits per heavy atom. The van der Waals surface area contributed by atoms with Gasteiger partial charge in [0, 0.05) is 13.1 Å². The van der Waals surface area contributed by atoms with Gasteiger partial charge in [-0.25, -0.2) is 0 Å². The highest BCUT2D eigenvalue weighted by atomic mass is 19.4. The molecule has 0 unspecified atom stereocenters. The van der Waals surface area contributed by atoms with Gasteiger partial charge < -0.3 is 5.32 Å². The van der Waals surface area contributed by atoms with Gasteiger partial charge in [0.1, 0.15) is 0 Å². The zero-order valence-electron chi connectivity index (χ0n) is 10.9. The standard InChI is InChI=1S/C12H25F3N2/c1-3-5-6-7-8-16-9-10-17(4-2)11-12(13,14)15/h16H,3-11H2,1-2H3. The van der Waals surface area contributed by atoms with E-state index in [1.54, 1.807) is 6.92 Å². The lowest BCUT2D eigenvalue weighted by molar-refractivity contribution is -0.145. The van der Waals surface area contributed by atoms with Crippen LogP contribution in [0, 0.1) is 0 Å². The Kier molecular flexibility index (Phi) is 9.55. The van der Waals surface area contributed by atoms with Crippen molar-refractivity contribution in [1.29, 1.82) is 0 Å². The van der Waals surface area contributed by atoms with Gasteiger partial charge in [-0.15, -0.1) is 0 Å². The Labute approximate surface area is 103 Å². The van der Waals surface area contributed by atoms with Crippen molar-refractivity contribution in [2.24, 2.45) is 0 Å². The maximum atomic E-state index is 12.1. The molecule has 0 rings (SSSR count). The molecular formula is C12H25F3N2. The molecule has 5 heteroatoms. The highest BCUT2D eigenvalue weighted by molar-refractivity contribution is 4.63. The summed E-state index contributed by atoms with van der Waals surface area (Å²) >= 11 is 0. The second-order valence-electron chi connectivity index (χ2n) is 4.29. The number of hydrogen-bond acceptors (Lipinski definition) is 2. The predicted molar refractivity (Wildman–Crippen MR) is 65.2 cm³/mol. The number of nitrogens with zero attached hydrogens (tertiary/aromatic N) is 1. The highest BCUT2D eigenvalue weighted by Crippen LogP contribution is 2.15. The highest BCUT2D eigenvalue weighted by Gasteiger charge is 2.29. The summed E-state index contributed by atoms with van der Waals surface area (Å²) in [6, 6.07) is 0. The van der Waals surface area contributed by atoms with Crippen LogP contribution in [0.25, 0.3) is 0 Å². The number of likely N-dealkylation sites (N-methyl/N-ethyl adjacent to an activating group) is 1. The van der Waals surface area contributed by atoms with Gasteiger partial charge in [0.2, 0.25) is 0 Å². The summed E-state index contributed by atoms with van der Waals surface area (Å²) in [5, 5.41) is 3.19. The Morgan fingerprint density at radius 3 is 2.24 bits per heavy atom. The molecule has 0 radical (unpaired) electrons. The molecule has 17 heavy (non-hydrogen) atoms. The van der Waals surface area contributed by atoms with Crippen molar-refractivity contribution in [2.45, 2.75) is 45.7 Å². The van der Waals surface area contributed by atoms with Crippen LogP contribution in [-0.2, 0) is 0 Å². The van der Waals surface area contributed by atoms with Crippen molar-refractivity contribution < 1.29 is 13.2 Å². The minimum absolute atomic E-state index is 0.441. The smallest absolute Gasteiger partial charge is 0.315 e. The molecule has 0 saturated heterocycles. The van der Waals surface area contributed by atoms with Crippen LogP contribution in [0.5, 0.6) is 0 Å². The van der Waals surface area contributed by atoms with Crippen LogP contribution in [0.15, 0.2) is 0 Å². The summed E-state index contributed by atoms with van der Waals surface area (Å²) in [5.74, 6) is 0. The van der Waals surface area contributed by atoms with E-state index in [2.05, 4.69) is 12.2 Å². The van der Waals surface area contributed by atoms with Gasteiger partial charge >= 0.3 is 6.18 Å². The van der Waals surface area contributed by atoms with E-state index in [4.69, 9.17) is 0 Å². The fourth-order valence-electron chi connectivity index (χ4n) is 1.64. The van der Waals surface area contributed by atoms with E-state index in [0.717, 1.165) is 13.0 Å². The fraction of sp³-hybridized carbons (Fsp3) is 1.00. The first-order chi connectivity index (χ1) is 7.99. The first kappa shape index (κ1) is 16.7. The molecule has 0 aliphatic carbocycles. The summed E-state index contributed by atoms with van der Waals surface area (Å²) in [4.78, 5) is 1.42. The van der Waals surface area contributed by atoms with Crippen molar-refractivity contribution in [3.8, 4) is 0 Å². The Bertz CT molecular complexity index is 172. The number of rotatable bonds is 10. The molecule has 0 aliphatic heterocycles. The molecule has 2 nitrogen and oxygen atoms in total. The zero-order chi connectivity index (χ0) is 13.1. The summed E-state index contributed by atoms with van der Waals surface area (Å²) < 4.78 is 36.4. The summed E-state index contributed by atoms with van der Waals surface area (Å²) in [5.41, 5.74) is 0. The van der Waals surface area contributed by atoms with Crippen LogP contribution in [0.3, 0.4) is 0 Å². The molecule has 0 atom stereocenters. The lowest BCUT2D eigenvalue weighted by Gasteiger charge is -2.21. The van der Waals surface area contributed by atoms with E-state index in [1.165, 1.54) is 24.2 Å². The molecule has 104 valence electrons. The number of alkyl halides is 3. The third-order valence-corrected chi connectivity index (χ3v) is 2.66. The van der Waals surface area contributed by atoms with Crippen LogP contribution in [-0.4, -0.2) is 43.8 Å². The Balaban J connectivity index is 3.44. The lowest BCUT2D eigenvalue weighted by atomic mass is 10.2. The summed E-state index contributed by atoms with van der Waals surface area (Å²) in [6.07, 6.45) is 0.659. The fourth-order valence-corrected chi connectivity index (χ4v) is 1.64. The molecule has 0 saturated carbocycles. The van der Waals surface area contributed by atoms with Crippen molar-refractivity contribution in [3.63, 3.8) is 0 Å². The molecule has 1 N–H and O–H groups in total. The molecule has 0 aromatic rings. The molecule has 0 bridgehead atoms. The Hall–Kier alpha value is -0.290. The molecule has 0 amide bonds. The molecule has 0 fully saturated rings. The maximum Gasteiger partial charge on any atom is 0.401 e. The monoisotopic (exact) mass is 254 g/mol. The predicted octanol–water partition coefficient (Wildman–Crippen LogP) is 3.04. The third kappa shape index (κ3) is 12.0. The van der Waals surface area contributed by atoms with Crippen LogP contribution >= 0.6 is 0 Å². The van der Waals surface area contributed by atoms with Crippen LogP contribution in [0.4, 0.5) is 13.2 Å². The van der Waals surface area contributed by atoms with Crippen molar-refractivity contribution in [3.05, 3.63) is 0 Å². The van der Waals surface area contributed by atoms with Crippen LogP contribution in [0.1, 0.15) is 39.5 Å². The van der Waals surface area contributed by atoms with Crippen molar-refractivity contribution in [1.82, 2.24) is 10.2 Å². The van der Waals surface area contributed by atoms with Gasteiger partial charge in [-0.1, -0.05) is 33.1 Å². The summed E-state index contributed by atoms with van der Waals surface area (Å²) in [6.45, 7) is 5.55. The van der Waals surface area contributed by atoms with Gasteiger partial charge in [-0.3, -0.25) is 4.90 Å². The summed E-state index contributed by atoms with van der Waals surface area (Å²) in [7, 11) is 0. The average molecular weight is 254 g/mol. The normalized spacial score (nSPS) is 12.4. The van der Waals surface area contributed by atoms with Gasteiger partial charge in [0.05, 0.1) is 6.54 Å². The average Bonchev–Trinajstić information content (AvgIpc) is 2.24. The maximum absolute atomic E-state index is 12.1. The van der Waals surface area contributed by atoms with E-state index in [0.29, 0.717) is 19.6 Å². The van der Waals surface area contributed by atoms with E-state index < -0.39 is 12.7 Å². The lowest BCUT2D eigenvalue weighted by Crippen LogP contribution is -2.38. The van der Waals surface area contributed by atoms with E-state index in [9.17, 15) is 13.2 Å². The van der Waals surface area contributed by atoms with Crippen molar-refractivity contribution in [2.75, 3.05) is 32.7 Å². The first-order valence-electron chi connectivity index (χ1n) is 6.49. The topological polar surface area (TPSA) is 15.3 Å². The molecule has 0 aliphatic rings. The van der Waals surface area contributed by atoms with Gasteiger partial charge in [-0.05, 0) is 19.5 Å². The zero-order valence-corrected chi connectivity index (χ0v) is 10.9. The molecule has 0 aromatic heterocycles. The number of unbranched alkanes of at least 4 members (excludes halogenated alkanes) is 3. The van der Waals surface area contributed by atoms with Crippen LogP contribution < -0.4 is 5.32 Å². The second kappa shape index (κ2) is 9.71. The van der Waals surface area contributed by atoms with Gasteiger partial charge in [0.15, 0.2) is 0 Å². The van der Waals surface area contributed by atoms with E-state index in [-0.39, 0.29) is 0 Å². The van der Waals surface area contributed by atoms with Crippen LogP contribution in [0.2, 0.25) is 0 Å². The quantitative estimate of drug-likeness (QED) is 0.603. The number of halogens is 3. The first-order valence-corrected chi connectivity index (χ1v) is 6.49. The van der Waals surface area contributed by atoms with E-state index in [1.807, 2.05) is 0 Å². The van der Waals surface area contributed by atoms with Gasteiger partial charge in [0.25, 0.3) is 0 Å². The molecule has 0 spiro atoms. The second-order valence-corrected chi connectivity index (χ2v) is 4.29. The molecule has 0 aromatic carbocycles. The molecule has 0 heterocycles. The Morgan fingerprint density at radius 1 is 1.00 bits per heavy atom. The minimum atomic E-state index is -4.09. The SMILES string of the molecule is CCCCCCNCCN(CC)CC(F)(F)F. The third-order valence-electron chi connectivity index (χ3n) is 2.66. The number of nitrogens with one attached hydrogen (secondary N) is 1. The largest absolute Gasteiger partial charge is 0.401 e. The van der Waals surface area contributed by atoms with Crippen molar-refractivity contribution >= 4 is 0 Å². The minimum Gasteiger partial charge on any atom is -0.315 e. The number of hydrogen-bond donors (Lipinski definition) is 1. The van der Waals surface area contributed by atoms with Gasteiger partial charge in [-0.2, -0.15) is 13.2 Å².